The zero-order valence-electron chi connectivity index (χ0n) is 7.11. The fourth-order valence-electron chi connectivity index (χ4n) is 0.990. The number of halogens is 3. The van der Waals surface area contributed by atoms with Crippen molar-refractivity contribution < 1.29 is 13.5 Å². The highest BCUT2D eigenvalue weighted by Crippen LogP contribution is 2.25. The molecule has 0 aromatic heterocycles. The Bertz CT molecular complexity index is 302. The summed E-state index contributed by atoms with van der Waals surface area (Å²) in [6.07, 6.45) is 0. The van der Waals surface area contributed by atoms with Crippen LogP contribution < -0.4 is 4.74 Å². The summed E-state index contributed by atoms with van der Waals surface area (Å²) in [7, 11) is 0. The van der Waals surface area contributed by atoms with Gasteiger partial charge in [-0.1, -0.05) is 15.9 Å². The molecule has 0 unspecified atom stereocenters. The number of alkyl halides is 1. The Balaban J connectivity index is 3.13. The minimum atomic E-state index is -0.849. The van der Waals surface area contributed by atoms with Gasteiger partial charge in [0.05, 0.1) is 6.61 Å². The van der Waals surface area contributed by atoms with Gasteiger partial charge in [-0.25, -0.2) is 8.78 Å². The fourth-order valence-corrected chi connectivity index (χ4v) is 1.51. The van der Waals surface area contributed by atoms with Gasteiger partial charge < -0.3 is 4.74 Å². The van der Waals surface area contributed by atoms with E-state index in [1.807, 2.05) is 0 Å². The van der Waals surface area contributed by atoms with Gasteiger partial charge in [-0.2, -0.15) is 0 Å². The van der Waals surface area contributed by atoms with Crippen LogP contribution in [0.15, 0.2) is 12.1 Å². The molecule has 0 radical (unpaired) electrons. The highest BCUT2D eigenvalue weighted by molar-refractivity contribution is 9.08. The summed E-state index contributed by atoms with van der Waals surface area (Å²) < 4.78 is 31.0. The molecule has 1 aromatic carbocycles. The van der Waals surface area contributed by atoms with E-state index < -0.39 is 11.6 Å². The highest BCUT2D eigenvalue weighted by Gasteiger charge is 2.12. The molecule has 1 aromatic rings. The van der Waals surface area contributed by atoms with Gasteiger partial charge in [0.15, 0.2) is 11.6 Å². The predicted molar refractivity (Wildman–Crippen MR) is 50.2 cm³/mol. The Labute approximate surface area is 83.8 Å². The van der Waals surface area contributed by atoms with Crippen molar-refractivity contribution in [3.8, 4) is 5.75 Å². The molecular formula is C9H9BrF2O. The van der Waals surface area contributed by atoms with Gasteiger partial charge in [-0.05, 0) is 19.1 Å². The maximum atomic E-state index is 13.1. The molecule has 13 heavy (non-hydrogen) atoms. The second kappa shape index (κ2) is 4.56. The van der Waals surface area contributed by atoms with E-state index in [0.717, 1.165) is 6.07 Å². The monoisotopic (exact) mass is 250 g/mol. The second-order valence-electron chi connectivity index (χ2n) is 2.40. The number of hydrogen-bond donors (Lipinski definition) is 0. The van der Waals surface area contributed by atoms with Crippen LogP contribution in [0.4, 0.5) is 8.78 Å². The van der Waals surface area contributed by atoms with Crippen LogP contribution in [0.5, 0.6) is 5.75 Å². The third kappa shape index (κ3) is 2.18. The SMILES string of the molecule is CCOc1ccc(F)c(F)c1CBr. The summed E-state index contributed by atoms with van der Waals surface area (Å²) in [4.78, 5) is 0. The van der Waals surface area contributed by atoms with Crippen molar-refractivity contribution in [1.82, 2.24) is 0 Å². The summed E-state index contributed by atoms with van der Waals surface area (Å²) in [5.41, 5.74) is 0.224. The van der Waals surface area contributed by atoms with Crippen molar-refractivity contribution in [3.63, 3.8) is 0 Å². The van der Waals surface area contributed by atoms with Gasteiger partial charge in [0.2, 0.25) is 0 Å². The Morgan fingerprint density at radius 1 is 1.38 bits per heavy atom. The molecule has 4 heteroatoms. The average Bonchev–Trinajstić information content (AvgIpc) is 2.12. The second-order valence-corrected chi connectivity index (χ2v) is 2.97. The molecule has 0 heterocycles. The maximum Gasteiger partial charge on any atom is 0.166 e. The fraction of sp³-hybridized carbons (Fsp3) is 0.333. The number of hydrogen-bond acceptors (Lipinski definition) is 1. The summed E-state index contributed by atoms with van der Waals surface area (Å²) in [6.45, 7) is 2.23. The van der Waals surface area contributed by atoms with Crippen LogP contribution in [0.2, 0.25) is 0 Å². The van der Waals surface area contributed by atoms with Crippen molar-refractivity contribution in [2.24, 2.45) is 0 Å². The standard InChI is InChI=1S/C9H9BrF2O/c1-2-13-8-4-3-7(11)9(12)6(8)5-10/h3-4H,2,5H2,1H3. The summed E-state index contributed by atoms with van der Waals surface area (Å²) in [5.74, 6) is -1.31. The van der Waals surface area contributed by atoms with Crippen molar-refractivity contribution >= 4 is 15.9 Å². The van der Waals surface area contributed by atoms with Gasteiger partial charge in [-0.15, -0.1) is 0 Å². The molecule has 0 atom stereocenters. The van der Waals surface area contributed by atoms with E-state index in [-0.39, 0.29) is 10.9 Å². The van der Waals surface area contributed by atoms with Crippen LogP contribution >= 0.6 is 15.9 Å². The molecule has 0 fully saturated rings. The lowest BCUT2D eigenvalue weighted by atomic mass is 10.2. The molecule has 0 amide bonds. The highest BCUT2D eigenvalue weighted by atomic mass is 79.9. The molecule has 1 rings (SSSR count). The predicted octanol–water partition coefficient (Wildman–Crippen LogP) is 3.26. The molecule has 0 aliphatic rings. The molecule has 0 bridgehead atoms. The topological polar surface area (TPSA) is 9.23 Å². The molecule has 1 nitrogen and oxygen atoms in total. The lowest BCUT2D eigenvalue weighted by Crippen LogP contribution is -1.99. The molecule has 0 saturated heterocycles. The van der Waals surface area contributed by atoms with Crippen LogP contribution in [0.25, 0.3) is 0 Å². The van der Waals surface area contributed by atoms with E-state index >= 15 is 0 Å². The largest absolute Gasteiger partial charge is 0.493 e. The van der Waals surface area contributed by atoms with Gasteiger partial charge in [0.1, 0.15) is 5.75 Å². The smallest absolute Gasteiger partial charge is 0.166 e. The van der Waals surface area contributed by atoms with Gasteiger partial charge >= 0.3 is 0 Å². The molecule has 0 N–H and O–H groups in total. The van der Waals surface area contributed by atoms with E-state index in [1.165, 1.54) is 6.07 Å². The first-order valence-corrected chi connectivity index (χ1v) is 4.98. The van der Waals surface area contributed by atoms with Crippen LogP contribution in [0, 0.1) is 11.6 Å². The Hall–Kier alpha value is -0.640. The van der Waals surface area contributed by atoms with Crippen LogP contribution in [0.3, 0.4) is 0 Å². The molecule has 0 aliphatic carbocycles. The Kier molecular flexibility index (Phi) is 3.66. The number of ether oxygens (including phenoxy) is 1. The third-order valence-electron chi connectivity index (χ3n) is 1.59. The van der Waals surface area contributed by atoms with Crippen LogP contribution in [-0.2, 0) is 5.33 Å². The van der Waals surface area contributed by atoms with Crippen LogP contribution in [-0.4, -0.2) is 6.61 Å². The van der Waals surface area contributed by atoms with Gasteiger partial charge in [0.25, 0.3) is 0 Å². The van der Waals surface area contributed by atoms with E-state index in [4.69, 9.17) is 4.74 Å². The molecule has 0 saturated carbocycles. The lowest BCUT2D eigenvalue weighted by Gasteiger charge is -2.08. The zero-order chi connectivity index (χ0) is 9.84. The van der Waals surface area contributed by atoms with Crippen molar-refractivity contribution in [2.45, 2.75) is 12.3 Å². The van der Waals surface area contributed by atoms with Gasteiger partial charge in [0, 0.05) is 10.9 Å². The first-order valence-electron chi connectivity index (χ1n) is 3.86. The minimum Gasteiger partial charge on any atom is -0.493 e. The summed E-state index contributed by atoms with van der Waals surface area (Å²) >= 11 is 3.08. The molecule has 0 spiro atoms. The molecular weight excluding hydrogens is 242 g/mol. The average molecular weight is 251 g/mol. The summed E-state index contributed by atoms with van der Waals surface area (Å²) in [5, 5.41) is 0.242. The number of benzene rings is 1. The minimum absolute atomic E-state index is 0.224. The molecule has 0 aliphatic heterocycles. The normalized spacial score (nSPS) is 10.2. The molecule has 72 valence electrons. The van der Waals surface area contributed by atoms with E-state index in [0.29, 0.717) is 12.4 Å². The third-order valence-corrected chi connectivity index (χ3v) is 2.15. The van der Waals surface area contributed by atoms with Gasteiger partial charge in [-0.3, -0.25) is 0 Å². The Morgan fingerprint density at radius 3 is 2.62 bits per heavy atom. The van der Waals surface area contributed by atoms with E-state index in [2.05, 4.69) is 15.9 Å². The van der Waals surface area contributed by atoms with Crippen molar-refractivity contribution in [3.05, 3.63) is 29.3 Å². The maximum absolute atomic E-state index is 13.1. The van der Waals surface area contributed by atoms with Crippen LogP contribution in [0.1, 0.15) is 12.5 Å². The zero-order valence-corrected chi connectivity index (χ0v) is 8.70. The summed E-state index contributed by atoms with van der Waals surface area (Å²) in [6, 6.07) is 2.49. The number of rotatable bonds is 3. The van der Waals surface area contributed by atoms with Crippen molar-refractivity contribution in [1.29, 1.82) is 0 Å². The first kappa shape index (κ1) is 10.4. The Morgan fingerprint density at radius 2 is 2.08 bits per heavy atom. The quantitative estimate of drug-likeness (QED) is 0.749. The first-order chi connectivity index (χ1) is 6.20. The van der Waals surface area contributed by atoms with Crippen molar-refractivity contribution in [2.75, 3.05) is 6.61 Å². The van der Waals surface area contributed by atoms with E-state index in [1.54, 1.807) is 6.92 Å². The lowest BCUT2D eigenvalue weighted by molar-refractivity contribution is 0.333. The van der Waals surface area contributed by atoms with E-state index in [9.17, 15) is 8.78 Å².